The molecular weight excluding hydrogens is 156 g/mol. The smallest absolute Gasteiger partial charge is 0.102 e. The number of benzene rings is 1. The second-order valence-corrected chi connectivity index (χ2v) is 2.87. The molecule has 0 bridgehead atoms. The maximum absolute atomic E-state index is 4.98. The van der Waals surface area contributed by atoms with Crippen molar-refractivity contribution >= 4 is 28.6 Å². The van der Waals surface area contributed by atoms with Crippen molar-refractivity contribution in [3.05, 3.63) is 24.3 Å². The van der Waals surface area contributed by atoms with Gasteiger partial charge < -0.3 is 5.32 Å². The second-order valence-electron chi connectivity index (χ2n) is 2.38. The quantitative estimate of drug-likeness (QED) is 0.589. The van der Waals surface area contributed by atoms with Crippen LogP contribution in [-0.2, 0) is 0 Å². The maximum atomic E-state index is 4.98. The molecule has 0 aliphatic carbocycles. The molecule has 0 atom stereocenters. The molecule has 1 N–H and O–H groups in total. The van der Waals surface area contributed by atoms with Gasteiger partial charge in [-0.1, -0.05) is 24.4 Å². The zero-order valence-corrected chi connectivity index (χ0v) is 6.69. The molecule has 0 saturated heterocycles. The van der Waals surface area contributed by atoms with E-state index in [0.29, 0.717) is 6.54 Å². The van der Waals surface area contributed by atoms with Crippen molar-refractivity contribution < 1.29 is 0 Å². The average molecular weight is 163 g/mol. The number of hydrogen-bond donors (Lipinski definition) is 1. The number of fused-ring (bicyclic) bond motifs is 1. The maximum Gasteiger partial charge on any atom is 0.102 e. The molecule has 0 unspecified atom stereocenters. The van der Waals surface area contributed by atoms with Gasteiger partial charge in [-0.3, -0.25) is 5.32 Å². The van der Waals surface area contributed by atoms with Gasteiger partial charge in [-0.05, 0) is 12.1 Å². The summed E-state index contributed by atoms with van der Waals surface area (Å²) in [6, 6.07) is 7.89. The van der Waals surface area contributed by atoms with Crippen molar-refractivity contribution in [2.24, 2.45) is 0 Å². The van der Waals surface area contributed by atoms with Crippen LogP contribution in [0, 0.1) is 0 Å². The van der Waals surface area contributed by atoms with Crippen LogP contribution in [0.1, 0.15) is 0 Å². The Bertz CT molecular complexity index is 296. The highest BCUT2D eigenvalue weighted by molar-refractivity contribution is 7.80. The van der Waals surface area contributed by atoms with Crippen LogP contribution in [0.2, 0.25) is 0 Å². The highest BCUT2D eigenvalue weighted by Crippen LogP contribution is 2.23. The third-order valence-corrected chi connectivity index (χ3v) is 1.80. The van der Waals surface area contributed by atoms with Gasteiger partial charge in [-0.15, -0.1) is 0 Å². The third-order valence-electron chi connectivity index (χ3n) is 1.57. The van der Waals surface area contributed by atoms with E-state index in [0.717, 1.165) is 16.4 Å². The van der Waals surface area contributed by atoms with E-state index < -0.39 is 0 Å². The molecule has 1 radical (unpaired) electrons. The summed E-state index contributed by atoms with van der Waals surface area (Å²) in [6.07, 6.45) is 0. The number of nitrogens with zero attached hydrogens (tertiary/aromatic N) is 1. The summed E-state index contributed by atoms with van der Waals surface area (Å²) < 4.78 is 0. The van der Waals surface area contributed by atoms with E-state index in [1.807, 2.05) is 24.3 Å². The predicted molar refractivity (Wildman–Crippen MR) is 49.3 cm³/mol. The first-order valence-corrected chi connectivity index (χ1v) is 3.83. The van der Waals surface area contributed by atoms with E-state index in [-0.39, 0.29) is 0 Å². The van der Waals surface area contributed by atoms with Crippen molar-refractivity contribution in [1.29, 1.82) is 0 Å². The van der Waals surface area contributed by atoms with Crippen LogP contribution in [0.5, 0.6) is 0 Å². The van der Waals surface area contributed by atoms with Crippen LogP contribution in [0.25, 0.3) is 0 Å². The minimum Gasteiger partial charge on any atom is -0.347 e. The summed E-state index contributed by atoms with van der Waals surface area (Å²) in [5.74, 6) is 0. The van der Waals surface area contributed by atoms with Gasteiger partial charge in [0.05, 0.1) is 17.9 Å². The Kier molecular flexibility index (Phi) is 1.51. The molecule has 2 nitrogen and oxygen atoms in total. The standard InChI is InChI=1S/C8H7N2S/c11-8-5-9-6-3-1-2-4-7(6)10-8/h1-4H,5H2,(H,10,11). The highest BCUT2D eigenvalue weighted by Gasteiger charge is 2.10. The monoisotopic (exact) mass is 163 g/mol. The van der Waals surface area contributed by atoms with Crippen molar-refractivity contribution in [2.45, 2.75) is 0 Å². The fraction of sp³-hybridized carbons (Fsp3) is 0.125. The normalized spacial score (nSPS) is 14.7. The first kappa shape index (κ1) is 6.61. The minimum absolute atomic E-state index is 0.617. The van der Waals surface area contributed by atoms with E-state index in [1.165, 1.54) is 0 Å². The predicted octanol–water partition coefficient (Wildman–Crippen LogP) is 1.68. The largest absolute Gasteiger partial charge is 0.347 e. The summed E-state index contributed by atoms with van der Waals surface area (Å²) in [6.45, 7) is 0.617. The first-order chi connectivity index (χ1) is 5.36. The van der Waals surface area contributed by atoms with Crippen LogP contribution in [0.3, 0.4) is 0 Å². The molecule has 3 heteroatoms. The number of thiocarbonyl (C=S) groups is 1. The van der Waals surface area contributed by atoms with Gasteiger partial charge in [0.15, 0.2) is 0 Å². The lowest BCUT2D eigenvalue weighted by molar-refractivity contribution is 1.000. The topological polar surface area (TPSA) is 26.1 Å². The van der Waals surface area contributed by atoms with E-state index in [2.05, 4.69) is 10.6 Å². The SMILES string of the molecule is S=C1C[N]c2ccccc2N1. The fourth-order valence-corrected chi connectivity index (χ4v) is 1.24. The summed E-state index contributed by atoms with van der Waals surface area (Å²) in [5, 5.41) is 7.37. The molecule has 1 aromatic carbocycles. The van der Waals surface area contributed by atoms with Crippen molar-refractivity contribution in [2.75, 3.05) is 11.9 Å². The van der Waals surface area contributed by atoms with Crippen LogP contribution in [0.4, 0.5) is 11.4 Å². The van der Waals surface area contributed by atoms with Crippen LogP contribution < -0.4 is 10.6 Å². The lowest BCUT2D eigenvalue weighted by Crippen LogP contribution is -2.24. The summed E-state index contributed by atoms with van der Waals surface area (Å²) in [7, 11) is 0. The molecule has 0 aromatic heterocycles. The molecule has 0 spiro atoms. The molecule has 0 fully saturated rings. The molecule has 0 amide bonds. The molecule has 11 heavy (non-hydrogen) atoms. The molecule has 55 valence electrons. The second kappa shape index (κ2) is 2.51. The van der Waals surface area contributed by atoms with Crippen LogP contribution in [0.15, 0.2) is 24.3 Å². The molecular formula is C8H7N2S. The molecule has 1 aliphatic heterocycles. The molecule has 1 aromatic rings. The van der Waals surface area contributed by atoms with Gasteiger partial charge in [-0.2, -0.15) is 0 Å². The number of hydrogen-bond acceptors (Lipinski definition) is 1. The average Bonchev–Trinajstić information content (AvgIpc) is 2.04. The minimum atomic E-state index is 0.617. The Labute approximate surface area is 70.6 Å². The Morgan fingerprint density at radius 1 is 1.36 bits per heavy atom. The Morgan fingerprint density at radius 3 is 3.09 bits per heavy atom. The van der Waals surface area contributed by atoms with Crippen LogP contribution in [-0.4, -0.2) is 11.5 Å². The molecule has 1 aliphatic rings. The number of para-hydroxylation sites is 2. The van der Waals surface area contributed by atoms with Gasteiger partial charge in [-0.25, -0.2) is 0 Å². The van der Waals surface area contributed by atoms with Crippen LogP contribution >= 0.6 is 12.2 Å². The van der Waals surface area contributed by atoms with Gasteiger partial charge >= 0.3 is 0 Å². The summed E-state index contributed by atoms with van der Waals surface area (Å²) in [5.41, 5.74) is 2.02. The number of nitrogens with one attached hydrogen (secondary N) is 1. The molecule has 0 saturated carbocycles. The van der Waals surface area contributed by atoms with E-state index in [1.54, 1.807) is 0 Å². The van der Waals surface area contributed by atoms with Gasteiger partial charge in [0.1, 0.15) is 4.99 Å². The Hall–Kier alpha value is -1.09. The van der Waals surface area contributed by atoms with Gasteiger partial charge in [0, 0.05) is 0 Å². The van der Waals surface area contributed by atoms with E-state index in [4.69, 9.17) is 12.2 Å². The lowest BCUT2D eigenvalue weighted by atomic mass is 10.2. The van der Waals surface area contributed by atoms with E-state index in [9.17, 15) is 0 Å². The zero-order valence-electron chi connectivity index (χ0n) is 5.87. The Morgan fingerprint density at radius 2 is 2.18 bits per heavy atom. The highest BCUT2D eigenvalue weighted by atomic mass is 32.1. The van der Waals surface area contributed by atoms with Crippen molar-refractivity contribution in [3.8, 4) is 0 Å². The third kappa shape index (κ3) is 1.19. The van der Waals surface area contributed by atoms with E-state index >= 15 is 0 Å². The van der Waals surface area contributed by atoms with Crippen molar-refractivity contribution in [1.82, 2.24) is 5.32 Å². The Balaban J connectivity index is 2.41. The molecule has 2 rings (SSSR count). The number of anilines is 1. The number of rotatable bonds is 0. The summed E-state index contributed by atoms with van der Waals surface area (Å²) in [4.78, 5) is 0.795. The fourth-order valence-electron chi connectivity index (χ4n) is 1.06. The first-order valence-electron chi connectivity index (χ1n) is 3.42. The van der Waals surface area contributed by atoms with Gasteiger partial charge in [0.2, 0.25) is 0 Å². The molecule has 1 heterocycles. The van der Waals surface area contributed by atoms with Crippen molar-refractivity contribution in [3.63, 3.8) is 0 Å². The zero-order chi connectivity index (χ0) is 7.68. The summed E-state index contributed by atoms with van der Waals surface area (Å²) >= 11 is 4.98. The lowest BCUT2D eigenvalue weighted by Gasteiger charge is -2.17. The van der Waals surface area contributed by atoms with Gasteiger partial charge in [0.25, 0.3) is 0 Å².